The van der Waals surface area contributed by atoms with Crippen molar-refractivity contribution < 1.29 is 19.0 Å². The molecule has 25 heavy (non-hydrogen) atoms. The summed E-state index contributed by atoms with van der Waals surface area (Å²) < 4.78 is 16.0. The van der Waals surface area contributed by atoms with Crippen LogP contribution in [-0.4, -0.2) is 26.7 Å². The van der Waals surface area contributed by atoms with Gasteiger partial charge >= 0.3 is 0 Å². The van der Waals surface area contributed by atoms with Crippen LogP contribution in [0.2, 0.25) is 5.02 Å². The third-order valence-electron chi connectivity index (χ3n) is 3.74. The molecule has 2 aromatic rings. The monoisotopic (exact) mass is 363 g/mol. The van der Waals surface area contributed by atoms with Crippen molar-refractivity contribution >= 4 is 17.5 Å². The smallest absolute Gasteiger partial charge is 0.251 e. The van der Waals surface area contributed by atoms with Gasteiger partial charge in [0.1, 0.15) is 17.2 Å². The Morgan fingerprint density at radius 2 is 1.84 bits per heavy atom. The SMILES string of the molecule is CCOc1ccc(C(=O)N[C@H](C)c2cc(OC)ccc2OC)cc1Cl. The number of carbonyl (C=O) groups is 1. The van der Waals surface area contributed by atoms with Crippen molar-refractivity contribution in [2.45, 2.75) is 19.9 Å². The van der Waals surface area contributed by atoms with Crippen molar-refractivity contribution in [2.24, 2.45) is 0 Å². The molecule has 1 amide bonds. The summed E-state index contributed by atoms with van der Waals surface area (Å²) in [5.74, 6) is 1.70. The average molecular weight is 364 g/mol. The fourth-order valence-corrected chi connectivity index (χ4v) is 2.69. The summed E-state index contributed by atoms with van der Waals surface area (Å²) in [5, 5.41) is 3.35. The predicted molar refractivity (Wildman–Crippen MR) is 98.0 cm³/mol. The number of nitrogens with one attached hydrogen (secondary N) is 1. The molecule has 2 aromatic carbocycles. The van der Waals surface area contributed by atoms with Gasteiger partial charge in [0.2, 0.25) is 0 Å². The molecule has 0 aliphatic rings. The van der Waals surface area contributed by atoms with Crippen LogP contribution in [0, 0.1) is 0 Å². The molecule has 1 N–H and O–H groups in total. The molecule has 0 fully saturated rings. The Kier molecular flexibility index (Phi) is 6.53. The highest BCUT2D eigenvalue weighted by atomic mass is 35.5. The molecule has 0 unspecified atom stereocenters. The van der Waals surface area contributed by atoms with Crippen molar-refractivity contribution in [3.8, 4) is 17.2 Å². The maximum atomic E-state index is 12.5. The van der Waals surface area contributed by atoms with Crippen LogP contribution in [0.15, 0.2) is 36.4 Å². The minimum atomic E-state index is -0.275. The zero-order valence-corrected chi connectivity index (χ0v) is 15.5. The molecule has 0 bridgehead atoms. The standard InChI is InChI=1S/C19H22ClNO4/c1-5-25-18-8-6-13(10-16(18)20)19(22)21-12(2)15-11-14(23-3)7-9-17(15)24-4/h6-12H,5H2,1-4H3,(H,21,22)/t12-/m1/s1. The lowest BCUT2D eigenvalue weighted by molar-refractivity contribution is 0.0939. The van der Waals surface area contributed by atoms with Gasteiger partial charge in [0, 0.05) is 11.1 Å². The Morgan fingerprint density at radius 3 is 2.44 bits per heavy atom. The van der Waals surface area contributed by atoms with E-state index >= 15 is 0 Å². The highest BCUT2D eigenvalue weighted by Gasteiger charge is 2.17. The van der Waals surface area contributed by atoms with E-state index in [2.05, 4.69) is 5.32 Å². The zero-order valence-electron chi connectivity index (χ0n) is 14.8. The first-order valence-corrected chi connectivity index (χ1v) is 8.33. The molecule has 2 rings (SSSR count). The summed E-state index contributed by atoms with van der Waals surface area (Å²) in [6, 6.07) is 10.2. The van der Waals surface area contributed by atoms with Gasteiger partial charge in [-0.05, 0) is 50.2 Å². The summed E-state index contributed by atoms with van der Waals surface area (Å²) >= 11 is 6.15. The Labute approximate surface area is 152 Å². The topological polar surface area (TPSA) is 56.8 Å². The summed E-state index contributed by atoms with van der Waals surface area (Å²) in [6.45, 7) is 4.27. The van der Waals surface area contributed by atoms with Gasteiger partial charge in [-0.2, -0.15) is 0 Å². The average Bonchev–Trinajstić information content (AvgIpc) is 2.62. The second-order valence-electron chi connectivity index (χ2n) is 5.38. The van der Waals surface area contributed by atoms with Gasteiger partial charge in [-0.15, -0.1) is 0 Å². The van der Waals surface area contributed by atoms with Crippen LogP contribution >= 0.6 is 11.6 Å². The Bertz CT molecular complexity index is 748. The normalized spacial score (nSPS) is 11.6. The first-order chi connectivity index (χ1) is 12.0. The predicted octanol–water partition coefficient (Wildman–Crippen LogP) is 4.25. The molecule has 0 heterocycles. The fraction of sp³-hybridized carbons (Fsp3) is 0.316. The molecular formula is C19H22ClNO4. The minimum Gasteiger partial charge on any atom is -0.497 e. The first kappa shape index (κ1) is 18.9. The highest BCUT2D eigenvalue weighted by molar-refractivity contribution is 6.32. The molecular weight excluding hydrogens is 342 g/mol. The number of rotatable bonds is 7. The van der Waals surface area contributed by atoms with Crippen LogP contribution in [0.4, 0.5) is 0 Å². The van der Waals surface area contributed by atoms with E-state index in [1.54, 1.807) is 32.4 Å². The minimum absolute atomic E-state index is 0.234. The highest BCUT2D eigenvalue weighted by Crippen LogP contribution is 2.30. The molecule has 0 aromatic heterocycles. The van der Waals surface area contributed by atoms with E-state index in [0.717, 1.165) is 5.56 Å². The molecule has 0 spiro atoms. The summed E-state index contributed by atoms with van der Waals surface area (Å²) in [4.78, 5) is 12.5. The summed E-state index contributed by atoms with van der Waals surface area (Å²) in [5.41, 5.74) is 1.29. The molecule has 0 radical (unpaired) electrons. The number of hydrogen-bond donors (Lipinski definition) is 1. The maximum Gasteiger partial charge on any atom is 0.251 e. The van der Waals surface area contributed by atoms with E-state index in [0.29, 0.717) is 34.4 Å². The van der Waals surface area contributed by atoms with Gasteiger partial charge in [-0.1, -0.05) is 11.6 Å². The molecule has 1 atom stereocenters. The van der Waals surface area contributed by atoms with Crippen molar-refractivity contribution in [3.63, 3.8) is 0 Å². The fourth-order valence-electron chi connectivity index (χ4n) is 2.45. The summed E-state index contributed by atoms with van der Waals surface area (Å²) in [6.07, 6.45) is 0. The molecule has 0 saturated carbocycles. The van der Waals surface area contributed by atoms with Crippen molar-refractivity contribution in [3.05, 3.63) is 52.5 Å². The largest absolute Gasteiger partial charge is 0.497 e. The van der Waals surface area contributed by atoms with Gasteiger partial charge in [-0.25, -0.2) is 0 Å². The Hall–Kier alpha value is -2.40. The number of amides is 1. The van der Waals surface area contributed by atoms with Gasteiger partial charge in [-0.3, -0.25) is 4.79 Å². The molecule has 134 valence electrons. The van der Waals surface area contributed by atoms with E-state index in [4.69, 9.17) is 25.8 Å². The van der Waals surface area contributed by atoms with E-state index in [1.807, 2.05) is 32.0 Å². The number of halogens is 1. The van der Waals surface area contributed by atoms with Crippen molar-refractivity contribution in [1.82, 2.24) is 5.32 Å². The number of methoxy groups -OCH3 is 2. The third-order valence-corrected chi connectivity index (χ3v) is 4.04. The van der Waals surface area contributed by atoms with Gasteiger partial charge in [0.15, 0.2) is 0 Å². The van der Waals surface area contributed by atoms with Crippen molar-refractivity contribution in [1.29, 1.82) is 0 Å². The van der Waals surface area contributed by atoms with Crippen LogP contribution < -0.4 is 19.5 Å². The lowest BCUT2D eigenvalue weighted by Crippen LogP contribution is -2.27. The Morgan fingerprint density at radius 1 is 1.12 bits per heavy atom. The number of carbonyl (C=O) groups excluding carboxylic acids is 1. The lowest BCUT2D eigenvalue weighted by Gasteiger charge is -2.18. The van der Waals surface area contributed by atoms with Crippen LogP contribution in [0.1, 0.15) is 35.8 Å². The summed E-state index contributed by atoms with van der Waals surface area (Å²) in [7, 11) is 3.18. The number of benzene rings is 2. The van der Waals surface area contributed by atoms with Crippen molar-refractivity contribution in [2.75, 3.05) is 20.8 Å². The molecule has 0 saturated heterocycles. The van der Waals surface area contributed by atoms with Crippen LogP contribution in [-0.2, 0) is 0 Å². The first-order valence-electron chi connectivity index (χ1n) is 7.95. The maximum absolute atomic E-state index is 12.5. The van der Waals surface area contributed by atoms with E-state index < -0.39 is 0 Å². The van der Waals surface area contributed by atoms with Crippen LogP contribution in [0.3, 0.4) is 0 Å². The van der Waals surface area contributed by atoms with Gasteiger partial charge in [0.25, 0.3) is 5.91 Å². The van der Waals surface area contributed by atoms with E-state index in [9.17, 15) is 4.79 Å². The van der Waals surface area contributed by atoms with Crippen LogP contribution in [0.25, 0.3) is 0 Å². The van der Waals surface area contributed by atoms with E-state index in [-0.39, 0.29) is 11.9 Å². The quantitative estimate of drug-likeness (QED) is 0.799. The molecule has 6 heteroatoms. The zero-order chi connectivity index (χ0) is 18.4. The molecule has 0 aliphatic carbocycles. The van der Waals surface area contributed by atoms with Crippen LogP contribution in [0.5, 0.6) is 17.2 Å². The lowest BCUT2D eigenvalue weighted by atomic mass is 10.1. The van der Waals surface area contributed by atoms with E-state index in [1.165, 1.54) is 0 Å². The Balaban J connectivity index is 2.19. The molecule has 5 nitrogen and oxygen atoms in total. The van der Waals surface area contributed by atoms with Gasteiger partial charge < -0.3 is 19.5 Å². The second kappa shape index (κ2) is 8.62. The third kappa shape index (κ3) is 4.57. The number of ether oxygens (including phenoxy) is 3. The van der Waals surface area contributed by atoms with Gasteiger partial charge in [0.05, 0.1) is 31.9 Å². The molecule has 0 aliphatic heterocycles. The number of hydrogen-bond acceptors (Lipinski definition) is 4. The second-order valence-corrected chi connectivity index (χ2v) is 5.79.